The molecule has 1 aromatic rings. The monoisotopic (exact) mass is 251 g/mol. The van der Waals surface area contributed by atoms with Gasteiger partial charge < -0.3 is 10.9 Å². The van der Waals surface area contributed by atoms with E-state index in [-0.39, 0.29) is 11.4 Å². The van der Waals surface area contributed by atoms with Crippen LogP contribution in [-0.4, -0.2) is 29.0 Å². The van der Waals surface area contributed by atoms with Gasteiger partial charge >= 0.3 is 0 Å². The molecule has 18 heavy (non-hydrogen) atoms. The van der Waals surface area contributed by atoms with Crippen molar-refractivity contribution >= 4 is 5.84 Å². The van der Waals surface area contributed by atoms with Crippen LogP contribution in [0.2, 0.25) is 0 Å². The van der Waals surface area contributed by atoms with E-state index in [0.717, 1.165) is 19.5 Å². The molecule has 4 nitrogen and oxygen atoms in total. The Hall–Kier alpha value is -1.62. The molecule has 0 saturated carbocycles. The number of benzene rings is 1. The van der Waals surface area contributed by atoms with Crippen molar-refractivity contribution in [1.29, 1.82) is 0 Å². The molecule has 1 unspecified atom stereocenters. The number of amidine groups is 1. The van der Waals surface area contributed by atoms with E-state index in [2.05, 4.69) is 17.0 Å². The molecule has 2 rings (SSSR count). The van der Waals surface area contributed by atoms with Crippen LogP contribution in [0.4, 0.5) is 4.39 Å². The lowest BCUT2D eigenvalue weighted by molar-refractivity contribution is 0.314. The van der Waals surface area contributed by atoms with Crippen LogP contribution in [0.3, 0.4) is 0 Å². The van der Waals surface area contributed by atoms with Crippen molar-refractivity contribution in [2.45, 2.75) is 19.9 Å². The fourth-order valence-electron chi connectivity index (χ4n) is 2.36. The second-order valence-corrected chi connectivity index (χ2v) is 4.89. The maximum absolute atomic E-state index is 14.2. The van der Waals surface area contributed by atoms with Crippen LogP contribution in [0.15, 0.2) is 23.4 Å². The number of likely N-dealkylation sites (tertiary alicyclic amines) is 1. The third-order valence-electron chi connectivity index (χ3n) is 3.36. The van der Waals surface area contributed by atoms with Crippen LogP contribution in [0.1, 0.15) is 24.5 Å². The average Bonchev–Trinajstić information content (AvgIpc) is 2.76. The van der Waals surface area contributed by atoms with Crippen LogP contribution < -0.4 is 5.73 Å². The number of halogens is 1. The van der Waals surface area contributed by atoms with E-state index in [1.54, 1.807) is 12.1 Å². The van der Waals surface area contributed by atoms with Gasteiger partial charge in [-0.3, -0.25) is 4.90 Å². The zero-order valence-corrected chi connectivity index (χ0v) is 10.4. The highest BCUT2D eigenvalue weighted by Gasteiger charge is 2.20. The molecule has 0 aliphatic carbocycles. The normalized spacial score (nSPS) is 21.4. The molecule has 3 N–H and O–H groups in total. The van der Waals surface area contributed by atoms with Crippen molar-refractivity contribution in [2.75, 3.05) is 13.1 Å². The lowest BCUT2D eigenvalue weighted by Crippen LogP contribution is -2.22. The minimum Gasteiger partial charge on any atom is -0.409 e. The molecule has 5 heteroatoms. The zero-order chi connectivity index (χ0) is 13.1. The summed E-state index contributed by atoms with van der Waals surface area (Å²) in [5, 5.41) is 11.5. The Morgan fingerprint density at radius 1 is 1.61 bits per heavy atom. The molecule has 1 saturated heterocycles. The summed E-state index contributed by atoms with van der Waals surface area (Å²) < 4.78 is 14.2. The quantitative estimate of drug-likeness (QED) is 0.372. The van der Waals surface area contributed by atoms with Gasteiger partial charge in [0.15, 0.2) is 5.84 Å². The van der Waals surface area contributed by atoms with Crippen LogP contribution in [0, 0.1) is 11.7 Å². The Labute approximate surface area is 106 Å². The summed E-state index contributed by atoms with van der Waals surface area (Å²) in [4.78, 5) is 2.22. The average molecular weight is 251 g/mol. The molecule has 1 heterocycles. The van der Waals surface area contributed by atoms with Gasteiger partial charge in [0.25, 0.3) is 0 Å². The van der Waals surface area contributed by atoms with Crippen LogP contribution >= 0.6 is 0 Å². The van der Waals surface area contributed by atoms with E-state index in [0.29, 0.717) is 18.0 Å². The number of rotatable bonds is 3. The maximum Gasteiger partial charge on any atom is 0.173 e. The Morgan fingerprint density at radius 2 is 2.39 bits per heavy atom. The molecule has 1 fully saturated rings. The second kappa shape index (κ2) is 5.35. The molecule has 1 aromatic carbocycles. The lowest BCUT2D eigenvalue weighted by atomic mass is 10.1. The molecule has 1 aliphatic heterocycles. The van der Waals surface area contributed by atoms with Crippen molar-refractivity contribution in [2.24, 2.45) is 16.8 Å². The van der Waals surface area contributed by atoms with Gasteiger partial charge in [-0.2, -0.15) is 0 Å². The zero-order valence-electron chi connectivity index (χ0n) is 10.4. The van der Waals surface area contributed by atoms with Gasteiger partial charge in [0.1, 0.15) is 5.82 Å². The largest absolute Gasteiger partial charge is 0.409 e. The SMILES string of the molecule is CC1CCN(Cc2cccc(/C(N)=N/O)c2F)C1. The molecule has 0 spiro atoms. The van der Waals surface area contributed by atoms with E-state index in [9.17, 15) is 4.39 Å². The highest BCUT2D eigenvalue weighted by atomic mass is 19.1. The first-order valence-electron chi connectivity index (χ1n) is 6.09. The van der Waals surface area contributed by atoms with Gasteiger partial charge in [0.2, 0.25) is 0 Å². The summed E-state index contributed by atoms with van der Waals surface area (Å²) in [6.07, 6.45) is 1.15. The highest BCUT2D eigenvalue weighted by molar-refractivity contribution is 5.97. The van der Waals surface area contributed by atoms with Gasteiger partial charge in [0.05, 0.1) is 5.56 Å². The third kappa shape index (κ3) is 2.61. The summed E-state index contributed by atoms with van der Waals surface area (Å²) >= 11 is 0. The van der Waals surface area contributed by atoms with Crippen molar-refractivity contribution < 1.29 is 9.60 Å². The van der Waals surface area contributed by atoms with Gasteiger partial charge in [0, 0.05) is 18.7 Å². The molecule has 1 atom stereocenters. The summed E-state index contributed by atoms with van der Waals surface area (Å²) in [5.74, 6) is 0.0804. The minimum absolute atomic E-state index is 0.155. The number of oxime groups is 1. The molecular formula is C13H18FN3O. The Bertz CT molecular complexity index is 462. The summed E-state index contributed by atoms with van der Waals surface area (Å²) in [5.41, 5.74) is 6.19. The summed E-state index contributed by atoms with van der Waals surface area (Å²) in [6.45, 7) is 4.76. The van der Waals surface area contributed by atoms with Gasteiger partial charge in [-0.1, -0.05) is 24.2 Å². The van der Waals surface area contributed by atoms with E-state index in [1.165, 1.54) is 6.07 Å². The fraction of sp³-hybridized carbons (Fsp3) is 0.462. The van der Waals surface area contributed by atoms with E-state index in [1.807, 2.05) is 0 Å². The third-order valence-corrected chi connectivity index (χ3v) is 3.36. The van der Waals surface area contributed by atoms with Gasteiger partial charge in [-0.25, -0.2) is 4.39 Å². The lowest BCUT2D eigenvalue weighted by Gasteiger charge is -2.16. The number of hydrogen-bond donors (Lipinski definition) is 2. The number of nitrogens with zero attached hydrogens (tertiary/aromatic N) is 2. The minimum atomic E-state index is -0.396. The van der Waals surface area contributed by atoms with Gasteiger partial charge in [-0.05, 0) is 24.9 Å². The van der Waals surface area contributed by atoms with E-state index < -0.39 is 5.82 Å². The molecule has 98 valence electrons. The van der Waals surface area contributed by atoms with Crippen molar-refractivity contribution in [3.05, 3.63) is 35.1 Å². The Morgan fingerprint density at radius 3 is 3.00 bits per heavy atom. The molecule has 0 amide bonds. The van der Waals surface area contributed by atoms with Crippen molar-refractivity contribution in [1.82, 2.24) is 4.90 Å². The molecule has 0 radical (unpaired) electrons. The first-order valence-corrected chi connectivity index (χ1v) is 6.09. The fourth-order valence-corrected chi connectivity index (χ4v) is 2.36. The van der Waals surface area contributed by atoms with Crippen LogP contribution in [0.5, 0.6) is 0 Å². The van der Waals surface area contributed by atoms with Crippen LogP contribution in [0.25, 0.3) is 0 Å². The van der Waals surface area contributed by atoms with E-state index >= 15 is 0 Å². The Kier molecular flexibility index (Phi) is 3.81. The molecular weight excluding hydrogens is 233 g/mol. The van der Waals surface area contributed by atoms with Gasteiger partial charge in [-0.15, -0.1) is 0 Å². The van der Waals surface area contributed by atoms with Crippen LogP contribution in [-0.2, 0) is 6.54 Å². The molecule has 0 bridgehead atoms. The predicted octanol–water partition coefficient (Wildman–Crippen LogP) is 1.76. The second-order valence-electron chi connectivity index (χ2n) is 4.89. The Balaban J connectivity index is 2.18. The number of hydrogen-bond acceptors (Lipinski definition) is 3. The van der Waals surface area contributed by atoms with Crippen molar-refractivity contribution in [3.8, 4) is 0 Å². The standard InChI is InChI=1S/C13H18FN3O/c1-9-5-6-17(7-9)8-10-3-2-4-11(12(10)14)13(15)16-18/h2-4,9,18H,5-8H2,1H3,(H2,15,16). The first kappa shape index (κ1) is 12.8. The topological polar surface area (TPSA) is 61.8 Å². The van der Waals surface area contributed by atoms with E-state index in [4.69, 9.17) is 10.9 Å². The molecule has 1 aliphatic rings. The smallest absolute Gasteiger partial charge is 0.173 e. The number of nitrogens with two attached hydrogens (primary N) is 1. The first-order chi connectivity index (χ1) is 8.61. The maximum atomic E-state index is 14.2. The summed E-state index contributed by atoms with van der Waals surface area (Å²) in [6, 6.07) is 4.98. The predicted molar refractivity (Wildman–Crippen MR) is 68.0 cm³/mol. The summed E-state index contributed by atoms with van der Waals surface area (Å²) in [7, 11) is 0. The highest BCUT2D eigenvalue weighted by Crippen LogP contribution is 2.20. The molecule has 0 aromatic heterocycles. The van der Waals surface area contributed by atoms with Crippen molar-refractivity contribution in [3.63, 3.8) is 0 Å².